The number of anilines is 4. The minimum absolute atomic E-state index is 0.0928. The second-order valence-corrected chi connectivity index (χ2v) is 6.67. The monoisotopic (exact) mass is 375 g/mol. The summed E-state index contributed by atoms with van der Waals surface area (Å²) >= 11 is 0. The molecule has 1 heterocycles. The van der Waals surface area contributed by atoms with Crippen molar-refractivity contribution in [3.8, 4) is 11.3 Å². The third kappa shape index (κ3) is 5.30. The lowest BCUT2D eigenvalue weighted by Gasteiger charge is -2.15. The van der Waals surface area contributed by atoms with E-state index < -0.39 is 0 Å². The molecular formula is C22H25N5O. The van der Waals surface area contributed by atoms with E-state index >= 15 is 0 Å². The highest BCUT2D eigenvalue weighted by Crippen LogP contribution is 2.24. The Morgan fingerprint density at radius 1 is 1.00 bits per heavy atom. The Morgan fingerprint density at radius 2 is 1.68 bits per heavy atom. The Morgan fingerprint density at radius 3 is 2.32 bits per heavy atom. The van der Waals surface area contributed by atoms with Crippen LogP contribution in [0.15, 0.2) is 60.7 Å². The van der Waals surface area contributed by atoms with Gasteiger partial charge in [-0.05, 0) is 37.6 Å². The van der Waals surface area contributed by atoms with Gasteiger partial charge in [0, 0.05) is 36.0 Å². The first kappa shape index (κ1) is 19.4. The van der Waals surface area contributed by atoms with Crippen molar-refractivity contribution >= 4 is 29.0 Å². The molecule has 0 aliphatic heterocycles. The number of benzene rings is 2. The normalized spacial score (nSPS) is 11.5. The number of nitrogens with one attached hydrogen (secondary N) is 3. The van der Waals surface area contributed by atoms with Crippen molar-refractivity contribution in [1.82, 2.24) is 9.97 Å². The van der Waals surface area contributed by atoms with Gasteiger partial charge in [0.05, 0.1) is 5.69 Å². The van der Waals surface area contributed by atoms with Gasteiger partial charge in [-0.15, -0.1) is 0 Å². The van der Waals surface area contributed by atoms with Crippen molar-refractivity contribution in [2.45, 2.75) is 33.2 Å². The first-order valence-corrected chi connectivity index (χ1v) is 9.39. The quantitative estimate of drug-likeness (QED) is 0.538. The van der Waals surface area contributed by atoms with Crippen LogP contribution in [0.3, 0.4) is 0 Å². The van der Waals surface area contributed by atoms with E-state index in [2.05, 4.69) is 39.8 Å². The summed E-state index contributed by atoms with van der Waals surface area (Å²) in [7, 11) is 0. The summed E-state index contributed by atoms with van der Waals surface area (Å²) in [5.41, 5.74) is 3.51. The number of carbonyl (C=O) groups is 1. The average Bonchev–Trinajstić information content (AvgIpc) is 2.69. The zero-order valence-corrected chi connectivity index (χ0v) is 16.4. The minimum Gasteiger partial charge on any atom is -0.352 e. The number of carbonyl (C=O) groups excluding carboxylic acids is 1. The Balaban J connectivity index is 1.88. The summed E-state index contributed by atoms with van der Waals surface area (Å²) in [6, 6.07) is 19.7. The first-order valence-electron chi connectivity index (χ1n) is 9.39. The van der Waals surface area contributed by atoms with Gasteiger partial charge >= 0.3 is 0 Å². The molecule has 0 saturated carbocycles. The van der Waals surface area contributed by atoms with E-state index in [-0.39, 0.29) is 11.9 Å². The zero-order valence-electron chi connectivity index (χ0n) is 16.4. The Kier molecular flexibility index (Phi) is 6.22. The molecule has 6 heteroatoms. The lowest BCUT2D eigenvalue weighted by Crippen LogP contribution is -2.16. The maximum absolute atomic E-state index is 11.2. The van der Waals surface area contributed by atoms with E-state index in [0.29, 0.717) is 11.8 Å². The van der Waals surface area contributed by atoms with Crippen LogP contribution in [-0.4, -0.2) is 21.9 Å². The highest BCUT2D eigenvalue weighted by molar-refractivity contribution is 5.88. The van der Waals surface area contributed by atoms with Crippen LogP contribution in [0.2, 0.25) is 0 Å². The van der Waals surface area contributed by atoms with Crippen LogP contribution in [0.5, 0.6) is 0 Å². The smallest absolute Gasteiger partial charge is 0.225 e. The average molecular weight is 375 g/mol. The summed E-state index contributed by atoms with van der Waals surface area (Å²) in [4.78, 5) is 20.4. The second kappa shape index (κ2) is 8.99. The van der Waals surface area contributed by atoms with E-state index in [1.54, 1.807) is 0 Å². The maximum Gasteiger partial charge on any atom is 0.225 e. The Hall–Kier alpha value is -3.41. The summed E-state index contributed by atoms with van der Waals surface area (Å²) in [6.45, 7) is 5.71. The molecule has 28 heavy (non-hydrogen) atoms. The van der Waals surface area contributed by atoms with Gasteiger partial charge in [0.25, 0.3) is 0 Å². The first-order chi connectivity index (χ1) is 13.5. The summed E-state index contributed by atoms with van der Waals surface area (Å²) < 4.78 is 0. The second-order valence-electron chi connectivity index (χ2n) is 6.67. The molecule has 1 aromatic heterocycles. The molecule has 1 atom stereocenters. The van der Waals surface area contributed by atoms with E-state index in [0.717, 1.165) is 29.1 Å². The Bertz CT molecular complexity index is 925. The van der Waals surface area contributed by atoms with Gasteiger partial charge in [-0.1, -0.05) is 37.3 Å². The molecule has 2 aromatic carbocycles. The van der Waals surface area contributed by atoms with E-state index in [9.17, 15) is 4.79 Å². The van der Waals surface area contributed by atoms with Gasteiger partial charge in [-0.25, -0.2) is 4.98 Å². The number of hydrogen-bond acceptors (Lipinski definition) is 5. The molecule has 0 unspecified atom stereocenters. The lowest BCUT2D eigenvalue weighted by molar-refractivity contribution is -0.114. The minimum atomic E-state index is -0.0928. The van der Waals surface area contributed by atoms with Crippen LogP contribution in [0.1, 0.15) is 27.2 Å². The van der Waals surface area contributed by atoms with Crippen molar-refractivity contribution < 1.29 is 4.79 Å². The molecule has 0 aliphatic rings. The molecule has 0 spiro atoms. The number of hydrogen-bond donors (Lipinski definition) is 3. The van der Waals surface area contributed by atoms with Crippen LogP contribution in [0.25, 0.3) is 11.3 Å². The largest absolute Gasteiger partial charge is 0.352 e. The lowest BCUT2D eigenvalue weighted by atomic mass is 10.1. The fourth-order valence-electron chi connectivity index (χ4n) is 2.64. The summed E-state index contributed by atoms with van der Waals surface area (Å²) in [6.07, 6.45) is 0.978. The van der Waals surface area contributed by atoms with Crippen LogP contribution >= 0.6 is 0 Å². The molecule has 1 amide bonds. The molecule has 144 valence electrons. The van der Waals surface area contributed by atoms with Crippen LogP contribution in [-0.2, 0) is 4.79 Å². The fourth-order valence-corrected chi connectivity index (χ4v) is 2.64. The predicted molar refractivity (Wildman–Crippen MR) is 115 cm³/mol. The van der Waals surface area contributed by atoms with Gasteiger partial charge in [-0.3, -0.25) is 4.79 Å². The van der Waals surface area contributed by atoms with Crippen molar-refractivity contribution in [3.05, 3.63) is 60.7 Å². The predicted octanol–water partition coefficient (Wildman–Crippen LogP) is 5.06. The Labute approximate surface area is 165 Å². The summed E-state index contributed by atoms with van der Waals surface area (Å²) in [5, 5.41) is 9.43. The van der Waals surface area contributed by atoms with Gasteiger partial charge in [-0.2, -0.15) is 4.98 Å². The van der Waals surface area contributed by atoms with E-state index in [1.807, 2.05) is 60.7 Å². The van der Waals surface area contributed by atoms with E-state index in [4.69, 9.17) is 0 Å². The van der Waals surface area contributed by atoms with Crippen molar-refractivity contribution in [2.75, 3.05) is 16.0 Å². The highest BCUT2D eigenvalue weighted by atomic mass is 16.1. The number of nitrogens with zero attached hydrogens (tertiary/aromatic N) is 2. The van der Waals surface area contributed by atoms with Crippen LogP contribution < -0.4 is 16.0 Å². The zero-order chi connectivity index (χ0) is 19.9. The number of aromatic nitrogens is 2. The summed E-state index contributed by atoms with van der Waals surface area (Å²) in [5.74, 6) is 1.20. The van der Waals surface area contributed by atoms with Crippen LogP contribution in [0, 0.1) is 0 Å². The third-order valence-corrected chi connectivity index (χ3v) is 4.26. The van der Waals surface area contributed by atoms with Gasteiger partial charge in [0.2, 0.25) is 11.9 Å². The SMILES string of the molecule is CC[C@H](C)Nc1nc(Nc2ccc(NC(C)=O)cc2)cc(-c2ccccc2)n1. The fraction of sp³-hybridized carbons (Fsp3) is 0.227. The number of rotatable bonds is 7. The molecule has 0 radical (unpaired) electrons. The highest BCUT2D eigenvalue weighted by Gasteiger charge is 2.09. The van der Waals surface area contributed by atoms with Crippen molar-refractivity contribution in [1.29, 1.82) is 0 Å². The molecular weight excluding hydrogens is 350 g/mol. The third-order valence-electron chi connectivity index (χ3n) is 4.26. The van der Waals surface area contributed by atoms with Crippen molar-refractivity contribution in [2.24, 2.45) is 0 Å². The standard InChI is InChI=1S/C22H25N5O/c1-4-15(2)23-22-26-20(17-8-6-5-7-9-17)14-21(27-22)25-19-12-10-18(11-13-19)24-16(3)28/h5-15H,4H2,1-3H3,(H,24,28)(H2,23,25,26,27)/t15-/m0/s1. The molecule has 0 aliphatic carbocycles. The molecule has 0 saturated heterocycles. The molecule has 0 fully saturated rings. The topological polar surface area (TPSA) is 78.9 Å². The number of amides is 1. The molecule has 0 bridgehead atoms. The van der Waals surface area contributed by atoms with Gasteiger partial charge < -0.3 is 16.0 Å². The molecule has 6 nitrogen and oxygen atoms in total. The van der Waals surface area contributed by atoms with Crippen molar-refractivity contribution in [3.63, 3.8) is 0 Å². The van der Waals surface area contributed by atoms with E-state index in [1.165, 1.54) is 6.92 Å². The molecule has 3 rings (SSSR count). The maximum atomic E-state index is 11.2. The molecule has 3 N–H and O–H groups in total. The van der Waals surface area contributed by atoms with Crippen LogP contribution in [0.4, 0.5) is 23.1 Å². The molecule has 3 aromatic rings. The van der Waals surface area contributed by atoms with Gasteiger partial charge in [0.15, 0.2) is 0 Å². The van der Waals surface area contributed by atoms with Gasteiger partial charge in [0.1, 0.15) is 5.82 Å².